The van der Waals surface area contributed by atoms with Crippen LogP contribution in [-0.4, -0.2) is 37.1 Å². The number of benzene rings is 2. The number of nitrogens with two attached hydrogens (primary N) is 1. The highest BCUT2D eigenvalue weighted by Crippen LogP contribution is 2.25. The fourth-order valence-electron chi connectivity index (χ4n) is 4.59. The number of aliphatic imine (C=N–C) groups is 1. The third kappa shape index (κ3) is 5.08. The second-order valence-electron chi connectivity index (χ2n) is 8.64. The number of anilines is 3. The molecule has 3 aromatic rings. The Labute approximate surface area is 194 Å². The second kappa shape index (κ2) is 9.48. The molecule has 0 spiro atoms. The molecule has 0 radical (unpaired) electrons. The molecule has 5 rings (SSSR count). The summed E-state index contributed by atoms with van der Waals surface area (Å²) < 4.78 is 13.2. The summed E-state index contributed by atoms with van der Waals surface area (Å²) in [5, 5.41) is 3.22. The number of rotatable bonds is 5. The van der Waals surface area contributed by atoms with Crippen LogP contribution in [0.1, 0.15) is 23.1 Å². The second-order valence-corrected chi connectivity index (χ2v) is 8.64. The molecule has 0 bridgehead atoms. The molecule has 1 aliphatic heterocycles. The van der Waals surface area contributed by atoms with Crippen LogP contribution in [0.15, 0.2) is 65.8 Å². The number of hydrogen-bond donors (Lipinski definition) is 2. The smallest absolute Gasteiger partial charge is 0.193 e. The summed E-state index contributed by atoms with van der Waals surface area (Å²) in [6.07, 6.45) is 5.37. The summed E-state index contributed by atoms with van der Waals surface area (Å²) in [6, 6.07) is 17.2. The van der Waals surface area contributed by atoms with Crippen molar-refractivity contribution in [2.24, 2.45) is 10.7 Å². The van der Waals surface area contributed by atoms with E-state index >= 15 is 0 Å². The predicted molar refractivity (Wildman–Crippen MR) is 132 cm³/mol. The van der Waals surface area contributed by atoms with Crippen molar-refractivity contribution in [2.75, 3.05) is 41.3 Å². The van der Waals surface area contributed by atoms with Crippen molar-refractivity contribution in [1.82, 2.24) is 4.98 Å². The van der Waals surface area contributed by atoms with Crippen LogP contribution in [-0.2, 0) is 19.4 Å². The molecule has 1 aliphatic carbocycles. The molecule has 0 amide bonds. The Morgan fingerprint density at radius 3 is 2.52 bits per heavy atom. The molecule has 2 heterocycles. The first-order valence-corrected chi connectivity index (χ1v) is 11.5. The zero-order chi connectivity index (χ0) is 22.6. The lowest BCUT2D eigenvalue weighted by atomic mass is 10.1. The van der Waals surface area contributed by atoms with Gasteiger partial charge < -0.3 is 20.9 Å². The summed E-state index contributed by atoms with van der Waals surface area (Å²) in [5.74, 6) is 1.16. The Balaban J connectivity index is 1.17. The first-order valence-electron chi connectivity index (χ1n) is 11.5. The zero-order valence-electron chi connectivity index (χ0n) is 18.7. The number of nitrogens with one attached hydrogen (secondary N) is 1. The molecule has 7 heteroatoms. The number of piperazine rings is 1. The number of guanidine groups is 1. The van der Waals surface area contributed by atoms with Gasteiger partial charge in [0, 0.05) is 43.8 Å². The van der Waals surface area contributed by atoms with Gasteiger partial charge in [-0.05, 0) is 84.5 Å². The molecule has 2 aromatic carbocycles. The number of halogens is 1. The molecule has 2 aliphatic rings. The fourth-order valence-corrected chi connectivity index (χ4v) is 4.59. The van der Waals surface area contributed by atoms with Gasteiger partial charge >= 0.3 is 0 Å². The highest BCUT2D eigenvalue weighted by molar-refractivity contribution is 5.92. The summed E-state index contributed by atoms with van der Waals surface area (Å²) in [7, 11) is 0. The molecule has 6 nitrogen and oxygen atoms in total. The van der Waals surface area contributed by atoms with Gasteiger partial charge in [-0.3, -0.25) is 0 Å². The minimum atomic E-state index is -0.204. The number of hydrogen-bond acceptors (Lipinski definition) is 4. The van der Waals surface area contributed by atoms with Gasteiger partial charge in [-0.25, -0.2) is 14.4 Å². The minimum absolute atomic E-state index is 0.204. The van der Waals surface area contributed by atoms with Crippen LogP contribution in [0, 0.1) is 5.82 Å². The van der Waals surface area contributed by atoms with Gasteiger partial charge in [0.2, 0.25) is 0 Å². The van der Waals surface area contributed by atoms with Gasteiger partial charge in [0.1, 0.15) is 11.6 Å². The van der Waals surface area contributed by atoms with E-state index in [1.807, 2.05) is 24.4 Å². The molecule has 0 atom stereocenters. The first kappa shape index (κ1) is 21.2. The number of fused-ring (bicyclic) bond motifs is 1. The number of nitrogens with zero attached hydrogens (tertiary/aromatic N) is 4. The van der Waals surface area contributed by atoms with Gasteiger partial charge in [-0.1, -0.05) is 6.07 Å². The molecule has 1 saturated heterocycles. The summed E-state index contributed by atoms with van der Waals surface area (Å²) in [6.45, 7) is 3.95. The normalized spacial score (nSPS) is 16.1. The maximum Gasteiger partial charge on any atom is 0.193 e. The number of pyridine rings is 1. The van der Waals surface area contributed by atoms with Crippen molar-refractivity contribution in [3.05, 3.63) is 83.3 Å². The Morgan fingerprint density at radius 2 is 1.70 bits per heavy atom. The van der Waals surface area contributed by atoms with E-state index in [-0.39, 0.29) is 5.82 Å². The van der Waals surface area contributed by atoms with E-state index in [1.165, 1.54) is 36.1 Å². The summed E-state index contributed by atoms with van der Waals surface area (Å²) in [4.78, 5) is 13.6. The molecule has 3 N–H and O–H groups in total. The highest BCUT2D eigenvalue weighted by Gasteiger charge is 2.18. The van der Waals surface area contributed by atoms with Gasteiger partial charge in [0.25, 0.3) is 0 Å². The lowest BCUT2D eigenvalue weighted by Crippen LogP contribution is -2.46. The monoisotopic (exact) mass is 444 g/mol. The van der Waals surface area contributed by atoms with Crippen LogP contribution in [0.2, 0.25) is 0 Å². The van der Waals surface area contributed by atoms with Crippen LogP contribution < -0.4 is 20.9 Å². The van der Waals surface area contributed by atoms with Crippen LogP contribution in [0.25, 0.3) is 0 Å². The number of aromatic nitrogens is 1. The van der Waals surface area contributed by atoms with E-state index in [9.17, 15) is 4.39 Å². The molecule has 33 heavy (non-hydrogen) atoms. The summed E-state index contributed by atoms with van der Waals surface area (Å²) >= 11 is 0. The SMILES string of the molecule is NC(=NCc1ccnc(N2CCN(c3ccc(F)cc3)CC2)c1)Nc1ccc2c(c1)CCC2. The Bertz CT molecular complexity index is 1140. The van der Waals surface area contributed by atoms with Crippen LogP contribution in [0.5, 0.6) is 0 Å². The van der Waals surface area contributed by atoms with Crippen LogP contribution >= 0.6 is 0 Å². The van der Waals surface area contributed by atoms with Crippen molar-refractivity contribution >= 4 is 23.2 Å². The standard InChI is InChI=1S/C26H29FN6/c27-22-5-8-24(9-6-22)32-12-14-33(15-13-32)25-16-19(10-11-29-25)18-30-26(28)31-23-7-4-20-2-1-3-21(20)17-23/h4-11,16-17H,1-3,12-15,18H2,(H3,28,30,31). The third-order valence-electron chi connectivity index (χ3n) is 6.41. The lowest BCUT2D eigenvalue weighted by Gasteiger charge is -2.36. The largest absolute Gasteiger partial charge is 0.370 e. The van der Waals surface area contributed by atoms with Gasteiger partial charge in [-0.15, -0.1) is 0 Å². The van der Waals surface area contributed by atoms with E-state index in [2.05, 4.69) is 49.4 Å². The average Bonchev–Trinajstić information content (AvgIpc) is 3.32. The fraction of sp³-hybridized carbons (Fsp3) is 0.308. The maximum absolute atomic E-state index is 13.2. The molecule has 1 fully saturated rings. The highest BCUT2D eigenvalue weighted by atomic mass is 19.1. The number of aryl methyl sites for hydroxylation is 2. The van der Waals surface area contributed by atoms with E-state index in [1.54, 1.807) is 0 Å². The molecule has 0 saturated carbocycles. The summed E-state index contributed by atoms with van der Waals surface area (Å²) in [5.41, 5.74) is 12.1. The van der Waals surface area contributed by atoms with E-state index in [0.717, 1.165) is 55.4 Å². The maximum atomic E-state index is 13.2. The minimum Gasteiger partial charge on any atom is -0.370 e. The lowest BCUT2D eigenvalue weighted by molar-refractivity contribution is 0.624. The van der Waals surface area contributed by atoms with E-state index < -0.39 is 0 Å². The Kier molecular flexibility index (Phi) is 6.11. The topological polar surface area (TPSA) is 69.8 Å². The van der Waals surface area contributed by atoms with E-state index in [0.29, 0.717) is 12.5 Å². The van der Waals surface area contributed by atoms with Crippen molar-refractivity contribution in [3.63, 3.8) is 0 Å². The first-order chi connectivity index (χ1) is 16.1. The van der Waals surface area contributed by atoms with Crippen molar-refractivity contribution in [3.8, 4) is 0 Å². The molecule has 170 valence electrons. The van der Waals surface area contributed by atoms with Gasteiger partial charge in [0.15, 0.2) is 5.96 Å². The van der Waals surface area contributed by atoms with Crippen molar-refractivity contribution < 1.29 is 4.39 Å². The van der Waals surface area contributed by atoms with Crippen molar-refractivity contribution in [1.29, 1.82) is 0 Å². The third-order valence-corrected chi connectivity index (χ3v) is 6.41. The predicted octanol–water partition coefficient (Wildman–Crippen LogP) is 3.96. The zero-order valence-corrected chi connectivity index (χ0v) is 18.7. The average molecular weight is 445 g/mol. The Morgan fingerprint density at radius 1 is 0.939 bits per heavy atom. The van der Waals surface area contributed by atoms with Crippen LogP contribution in [0.3, 0.4) is 0 Å². The van der Waals surface area contributed by atoms with Crippen LogP contribution in [0.4, 0.5) is 21.6 Å². The van der Waals surface area contributed by atoms with Gasteiger partial charge in [0.05, 0.1) is 6.54 Å². The molecular weight excluding hydrogens is 415 g/mol. The molecule has 1 aromatic heterocycles. The molecular formula is C26H29FN6. The van der Waals surface area contributed by atoms with Crippen molar-refractivity contribution in [2.45, 2.75) is 25.8 Å². The van der Waals surface area contributed by atoms with Gasteiger partial charge in [-0.2, -0.15) is 0 Å². The Hall–Kier alpha value is -3.61. The molecule has 0 unspecified atom stereocenters. The quantitative estimate of drug-likeness (QED) is 0.461. The van der Waals surface area contributed by atoms with E-state index in [4.69, 9.17) is 5.73 Å².